The highest BCUT2D eigenvalue weighted by molar-refractivity contribution is 9.10. The Bertz CT molecular complexity index is 839. The number of ether oxygens (including phenoxy) is 1. The summed E-state index contributed by atoms with van der Waals surface area (Å²) in [7, 11) is 1.62. The summed E-state index contributed by atoms with van der Waals surface area (Å²) in [5, 5.41) is 6.37. The number of nitrogen functional groups attached to an aromatic ring is 1. The third-order valence-corrected chi connectivity index (χ3v) is 3.85. The van der Waals surface area contributed by atoms with Gasteiger partial charge in [-0.25, -0.2) is 9.97 Å². The van der Waals surface area contributed by atoms with Crippen LogP contribution in [0.1, 0.15) is 0 Å². The number of nitrogens with zero attached hydrogens (tertiary/aromatic N) is 2. The zero-order valence-electron chi connectivity index (χ0n) is 13.0. The first kappa shape index (κ1) is 16.1. The lowest BCUT2D eigenvalue weighted by atomic mass is 10.3. The fourth-order valence-electron chi connectivity index (χ4n) is 2.10. The molecule has 0 bridgehead atoms. The molecule has 0 unspecified atom stereocenters. The molecular weight excluding hydrogens is 370 g/mol. The molecule has 0 amide bonds. The first-order valence-corrected chi connectivity index (χ1v) is 7.99. The number of hydrogen-bond donors (Lipinski definition) is 3. The molecule has 3 rings (SSSR count). The van der Waals surface area contributed by atoms with Crippen molar-refractivity contribution in [2.45, 2.75) is 0 Å². The van der Waals surface area contributed by atoms with Gasteiger partial charge in [0.1, 0.15) is 17.8 Å². The van der Waals surface area contributed by atoms with Crippen LogP contribution in [0.2, 0.25) is 0 Å². The van der Waals surface area contributed by atoms with Crippen LogP contribution < -0.4 is 21.1 Å². The van der Waals surface area contributed by atoms with Gasteiger partial charge in [0.25, 0.3) is 0 Å². The van der Waals surface area contributed by atoms with E-state index in [9.17, 15) is 0 Å². The van der Waals surface area contributed by atoms with Gasteiger partial charge in [-0.1, -0.05) is 22.0 Å². The van der Waals surface area contributed by atoms with E-state index in [0.29, 0.717) is 17.3 Å². The predicted molar refractivity (Wildman–Crippen MR) is 100 cm³/mol. The van der Waals surface area contributed by atoms with Crippen molar-refractivity contribution in [1.82, 2.24) is 9.97 Å². The second-order valence-electron chi connectivity index (χ2n) is 4.97. The molecule has 0 atom stereocenters. The average Bonchev–Trinajstić information content (AvgIpc) is 2.60. The number of aromatic nitrogens is 2. The molecule has 7 heteroatoms. The second-order valence-corrected chi connectivity index (χ2v) is 5.89. The van der Waals surface area contributed by atoms with E-state index in [1.807, 2.05) is 48.5 Å². The fraction of sp³-hybridized carbons (Fsp3) is 0.0588. The van der Waals surface area contributed by atoms with E-state index >= 15 is 0 Å². The van der Waals surface area contributed by atoms with E-state index in [1.165, 1.54) is 6.33 Å². The Morgan fingerprint density at radius 3 is 2.29 bits per heavy atom. The Morgan fingerprint density at radius 2 is 1.62 bits per heavy atom. The number of methoxy groups -OCH3 is 1. The summed E-state index contributed by atoms with van der Waals surface area (Å²) in [5.41, 5.74) is 8.34. The molecule has 3 aromatic rings. The average molecular weight is 386 g/mol. The van der Waals surface area contributed by atoms with E-state index in [4.69, 9.17) is 10.5 Å². The summed E-state index contributed by atoms with van der Waals surface area (Å²) in [6.45, 7) is 0. The molecule has 2 aromatic carbocycles. The lowest BCUT2D eigenvalue weighted by Crippen LogP contribution is -2.05. The van der Waals surface area contributed by atoms with Crippen LogP contribution in [0.3, 0.4) is 0 Å². The van der Waals surface area contributed by atoms with Crippen LogP contribution in [0, 0.1) is 0 Å². The molecule has 0 aliphatic heterocycles. The molecule has 0 aliphatic rings. The monoisotopic (exact) mass is 385 g/mol. The minimum absolute atomic E-state index is 0.434. The molecule has 0 saturated carbocycles. The third-order valence-electron chi connectivity index (χ3n) is 3.32. The van der Waals surface area contributed by atoms with Crippen LogP contribution in [0.5, 0.6) is 5.75 Å². The summed E-state index contributed by atoms with van der Waals surface area (Å²) in [5.74, 6) is 1.82. The molecule has 4 N–H and O–H groups in total. The van der Waals surface area contributed by atoms with E-state index in [2.05, 4.69) is 36.5 Å². The van der Waals surface area contributed by atoms with Crippen molar-refractivity contribution < 1.29 is 4.74 Å². The van der Waals surface area contributed by atoms with Crippen LogP contribution >= 0.6 is 15.9 Å². The van der Waals surface area contributed by atoms with Crippen LogP contribution in [0.15, 0.2) is 59.3 Å². The standard InChI is InChI=1S/C17H16BrN5O/c1-24-14-4-2-3-13(9-14)23-17-15(19)16(20-10-21-17)22-12-7-5-11(18)6-8-12/h2-10H,19H2,1H3,(H2,20,21,22,23). The normalized spacial score (nSPS) is 10.2. The topological polar surface area (TPSA) is 85.1 Å². The van der Waals surface area contributed by atoms with Gasteiger partial charge in [-0.05, 0) is 36.4 Å². The van der Waals surface area contributed by atoms with E-state index in [0.717, 1.165) is 21.6 Å². The molecule has 0 aliphatic carbocycles. The highest BCUT2D eigenvalue weighted by Crippen LogP contribution is 2.29. The molecule has 0 fully saturated rings. The molecule has 1 heterocycles. The quantitative estimate of drug-likeness (QED) is 0.606. The number of benzene rings is 2. The molecule has 0 spiro atoms. The van der Waals surface area contributed by atoms with Crippen molar-refractivity contribution in [2.75, 3.05) is 23.5 Å². The van der Waals surface area contributed by atoms with Crippen LogP contribution in [-0.2, 0) is 0 Å². The largest absolute Gasteiger partial charge is 0.497 e. The van der Waals surface area contributed by atoms with Crippen molar-refractivity contribution in [3.8, 4) is 5.75 Å². The zero-order valence-corrected chi connectivity index (χ0v) is 14.5. The fourth-order valence-corrected chi connectivity index (χ4v) is 2.37. The van der Waals surface area contributed by atoms with Gasteiger partial charge in [-0.3, -0.25) is 0 Å². The van der Waals surface area contributed by atoms with Crippen molar-refractivity contribution in [3.63, 3.8) is 0 Å². The Hall–Kier alpha value is -2.80. The van der Waals surface area contributed by atoms with Crippen LogP contribution in [-0.4, -0.2) is 17.1 Å². The highest BCUT2D eigenvalue weighted by atomic mass is 79.9. The molecule has 0 saturated heterocycles. The number of rotatable bonds is 5. The third kappa shape index (κ3) is 3.75. The molecule has 1 aromatic heterocycles. The first-order valence-electron chi connectivity index (χ1n) is 7.20. The van der Waals surface area contributed by atoms with Gasteiger partial charge < -0.3 is 21.1 Å². The Morgan fingerprint density at radius 1 is 0.958 bits per heavy atom. The van der Waals surface area contributed by atoms with Gasteiger partial charge in [0.05, 0.1) is 7.11 Å². The SMILES string of the molecule is COc1cccc(Nc2ncnc(Nc3ccc(Br)cc3)c2N)c1. The molecule has 6 nitrogen and oxygen atoms in total. The summed E-state index contributed by atoms with van der Waals surface area (Å²) < 4.78 is 6.22. The highest BCUT2D eigenvalue weighted by Gasteiger charge is 2.09. The van der Waals surface area contributed by atoms with Gasteiger partial charge >= 0.3 is 0 Å². The van der Waals surface area contributed by atoms with Gasteiger partial charge in [-0.2, -0.15) is 0 Å². The Labute approximate surface area is 148 Å². The molecular formula is C17H16BrN5O. The van der Waals surface area contributed by atoms with Crippen molar-refractivity contribution in [1.29, 1.82) is 0 Å². The van der Waals surface area contributed by atoms with Gasteiger partial charge in [-0.15, -0.1) is 0 Å². The maximum Gasteiger partial charge on any atom is 0.159 e. The smallest absolute Gasteiger partial charge is 0.159 e. The number of nitrogens with two attached hydrogens (primary N) is 1. The van der Waals surface area contributed by atoms with Crippen molar-refractivity contribution >= 4 is 44.6 Å². The van der Waals surface area contributed by atoms with Gasteiger partial charge in [0.15, 0.2) is 11.6 Å². The molecule has 24 heavy (non-hydrogen) atoms. The second kappa shape index (κ2) is 7.18. The lowest BCUT2D eigenvalue weighted by molar-refractivity contribution is 0.415. The predicted octanol–water partition coefficient (Wildman–Crippen LogP) is 4.32. The minimum Gasteiger partial charge on any atom is -0.497 e. The Kier molecular flexibility index (Phi) is 4.81. The number of hydrogen-bond acceptors (Lipinski definition) is 6. The number of nitrogens with one attached hydrogen (secondary N) is 2. The van der Waals surface area contributed by atoms with Crippen LogP contribution in [0.4, 0.5) is 28.7 Å². The Balaban J connectivity index is 1.83. The van der Waals surface area contributed by atoms with Crippen LogP contribution in [0.25, 0.3) is 0 Å². The van der Waals surface area contributed by atoms with E-state index in [1.54, 1.807) is 7.11 Å². The maximum atomic E-state index is 6.19. The molecule has 122 valence electrons. The van der Waals surface area contributed by atoms with Gasteiger partial charge in [0, 0.05) is 21.9 Å². The lowest BCUT2D eigenvalue weighted by Gasteiger charge is -2.13. The van der Waals surface area contributed by atoms with Crippen molar-refractivity contribution in [2.24, 2.45) is 0 Å². The summed E-state index contributed by atoms with van der Waals surface area (Å²) in [6, 6.07) is 15.3. The van der Waals surface area contributed by atoms with Gasteiger partial charge in [0.2, 0.25) is 0 Å². The number of anilines is 5. The molecule has 0 radical (unpaired) electrons. The summed E-state index contributed by atoms with van der Waals surface area (Å²) in [4.78, 5) is 8.42. The zero-order chi connectivity index (χ0) is 16.9. The maximum absolute atomic E-state index is 6.19. The number of halogens is 1. The summed E-state index contributed by atoms with van der Waals surface area (Å²) in [6.07, 6.45) is 1.46. The van der Waals surface area contributed by atoms with E-state index in [-0.39, 0.29) is 0 Å². The minimum atomic E-state index is 0.434. The first-order chi connectivity index (χ1) is 11.7. The van der Waals surface area contributed by atoms with Crippen molar-refractivity contribution in [3.05, 3.63) is 59.3 Å². The summed E-state index contributed by atoms with van der Waals surface area (Å²) >= 11 is 3.41. The van der Waals surface area contributed by atoms with E-state index < -0.39 is 0 Å².